The van der Waals surface area contributed by atoms with Crippen molar-refractivity contribution >= 4 is 5.82 Å². The van der Waals surface area contributed by atoms with Crippen LogP contribution >= 0.6 is 0 Å². The lowest BCUT2D eigenvalue weighted by molar-refractivity contribution is 0.709. The minimum absolute atomic E-state index is 0.431. The van der Waals surface area contributed by atoms with Gasteiger partial charge in [-0.2, -0.15) is 10.4 Å². The average molecular weight is 176 g/mol. The molecule has 0 aromatic carbocycles. The number of nitrogens with zero attached hydrogens (tertiary/aromatic N) is 3. The Morgan fingerprint density at radius 2 is 2.46 bits per heavy atom. The first kappa shape index (κ1) is 9.33. The Morgan fingerprint density at radius 1 is 1.77 bits per heavy atom. The van der Waals surface area contributed by atoms with Crippen LogP contribution in [0.25, 0.3) is 0 Å². The van der Waals surface area contributed by atoms with E-state index in [2.05, 4.69) is 5.10 Å². The lowest BCUT2D eigenvalue weighted by atomic mass is 10.3. The molecule has 0 spiro atoms. The summed E-state index contributed by atoms with van der Waals surface area (Å²) >= 11 is 0. The summed E-state index contributed by atoms with van der Waals surface area (Å²) in [6, 6.07) is 1.97. The van der Waals surface area contributed by atoms with Crippen molar-refractivity contribution in [3.63, 3.8) is 0 Å². The Bertz CT molecular complexity index is 363. The maximum absolute atomic E-state index is 8.61. The van der Waals surface area contributed by atoms with Crippen molar-refractivity contribution in [2.24, 2.45) is 0 Å². The van der Waals surface area contributed by atoms with Crippen LogP contribution in [0, 0.1) is 11.3 Å². The number of aromatic nitrogens is 2. The van der Waals surface area contributed by atoms with Gasteiger partial charge in [-0.1, -0.05) is 11.6 Å². The molecule has 0 saturated heterocycles. The molecule has 1 heterocycles. The molecule has 0 aliphatic carbocycles. The summed E-state index contributed by atoms with van der Waals surface area (Å²) in [5.74, 6) is 0.431. The second-order valence-electron chi connectivity index (χ2n) is 3.02. The first-order valence-corrected chi connectivity index (χ1v) is 4.00. The van der Waals surface area contributed by atoms with Gasteiger partial charge in [-0.05, 0) is 13.8 Å². The van der Waals surface area contributed by atoms with Gasteiger partial charge in [0.05, 0.1) is 12.7 Å². The van der Waals surface area contributed by atoms with Crippen molar-refractivity contribution in [1.82, 2.24) is 9.78 Å². The second kappa shape index (κ2) is 3.76. The van der Waals surface area contributed by atoms with Crippen LogP contribution in [-0.2, 0) is 6.54 Å². The van der Waals surface area contributed by atoms with E-state index in [9.17, 15) is 0 Å². The van der Waals surface area contributed by atoms with Crippen molar-refractivity contribution in [3.05, 3.63) is 23.4 Å². The van der Waals surface area contributed by atoms with Crippen LogP contribution in [-0.4, -0.2) is 9.78 Å². The zero-order valence-corrected chi connectivity index (χ0v) is 7.78. The fraction of sp³-hybridized carbons (Fsp3) is 0.333. The predicted molar refractivity (Wildman–Crippen MR) is 50.8 cm³/mol. The van der Waals surface area contributed by atoms with Crippen molar-refractivity contribution in [2.45, 2.75) is 20.4 Å². The largest absolute Gasteiger partial charge is 0.383 e. The predicted octanol–water partition coefficient (Wildman–Crippen LogP) is 1.30. The van der Waals surface area contributed by atoms with Crippen LogP contribution < -0.4 is 5.73 Å². The number of allylic oxidation sites excluding steroid dienone is 2. The Labute approximate surface area is 77.3 Å². The number of nitriles is 1. The fourth-order valence-corrected chi connectivity index (χ4v) is 0.895. The first-order valence-electron chi connectivity index (χ1n) is 4.00. The SMILES string of the molecule is CC(C)=CCn1ncc(C#N)c1N. The van der Waals surface area contributed by atoms with Gasteiger partial charge in [-0.3, -0.25) is 0 Å². The molecule has 1 rings (SSSR count). The van der Waals surface area contributed by atoms with Crippen LogP contribution in [0.1, 0.15) is 19.4 Å². The maximum Gasteiger partial charge on any atom is 0.140 e. The molecule has 0 fully saturated rings. The van der Waals surface area contributed by atoms with Gasteiger partial charge in [0.2, 0.25) is 0 Å². The smallest absolute Gasteiger partial charge is 0.140 e. The van der Waals surface area contributed by atoms with E-state index in [-0.39, 0.29) is 0 Å². The number of nitrogens with two attached hydrogens (primary N) is 1. The number of rotatable bonds is 2. The third kappa shape index (κ3) is 2.09. The third-order valence-electron chi connectivity index (χ3n) is 1.67. The van der Waals surface area contributed by atoms with E-state index >= 15 is 0 Å². The summed E-state index contributed by atoms with van der Waals surface area (Å²) < 4.78 is 1.60. The Hall–Kier alpha value is -1.76. The van der Waals surface area contributed by atoms with E-state index in [4.69, 9.17) is 11.0 Å². The zero-order chi connectivity index (χ0) is 9.84. The van der Waals surface area contributed by atoms with Crippen molar-refractivity contribution in [2.75, 3.05) is 5.73 Å². The molecule has 0 amide bonds. The van der Waals surface area contributed by atoms with Crippen molar-refractivity contribution in [3.8, 4) is 6.07 Å². The van der Waals surface area contributed by atoms with E-state index in [1.807, 2.05) is 26.0 Å². The average Bonchev–Trinajstić information content (AvgIpc) is 2.43. The normalized spacial score (nSPS) is 9.31. The molecule has 0 atom stereocenters. The van der Waals surface area contributed by atoms with E-state index in [1.165, 1.54) is 11.8 Å². The highest BCUT2D eigenvalue weighted by molar-refractivity contribution is 5.47. The fourth-order valence-electron chi connectivity index (χ4n) is 0.895. The number of hydrogen-bond donors (Lipinski definition) is 1. The molecule has 0 radical (unpaired) electrons. The minimum atomic E-state index is 0.431. The molecule has 0 aliphatic rings. The standard InChI is InChI=1S/C9H12N4/c1-7(2)3-4-13-9(11)8(5-10)6-12-13/h3,6H,4,11H2,1-2H3. The molecule has 0 saturated carbocycles. The van der Waals surface area contributed by atoms with Gasteiger partial charge < -0.3 is 5.73 Å². The molecule has 0 bridgehead atoms. The molecule has 1 aromatic heterocycles. The van der Waals surface area contributed by atoms with Gasteiger partial charge in [0.15, 0.2) is 0 Å². The quantitative estimate of drug-likeness (QED) is 0.690. The highest BCUT2D eigenvalue weighted by atomic mass is 15.3. The lowest BCUT2D eigenvalue weighted by Crippen LogP contribution is -2.03. The van der Waals surface area contributed by atoms with Crippen LogP contribution in [0.5, 0.6) is 0 Å². The Balaban J connectivity index is 2.86. The molecule has 4 heteroatoms. The number of hydrogen-bond acceptors (Lipinski definition) is 3. The molecule has 0 aliphatic heterocycles. The number of nitrogen functional groups attached to an aromatic ring is 1. The van der Waals surface area contributed by atoms with Crippen molar-refractivity contribution < 1.29 is 0 Å². The van der Waals surface area contributed by atoms with Crippen LogP contribution in [0.4, 0.5) is 5.82 Å². The van der Waals surface area contributed by atoms with E-state index in [0.29, 0.717) is 17.9 Å². The number of anilines is 1. The summed E-state index contributed by atoms with van der Waals surface area (Å²) in [5.41, 5.74) is 7.28. The van der Waals surface area contributed by atoms with Gasteiger partial charge >= 0.3 is 0 Å². The Morgan fingerprint density at radius 3 is 2.92 bits per heavy atom. The highest BCUT2D eigenvalue weighted by Gasteiger charge is 2.03. The second-order valence-corrected chi connectivity index (χ2v) is 3.02. The Kier molecular flexibility index (Phi) is 2.70. The third-order valence-corrected chi connectivity index (χ3v) is 1.67. The summed E-state index contributed by atoms with van der Waals surface area (Å²) in [6.45, 7) is 4.63. The van der Waals surface area contributed by atoms with Gasteiger partial charge in [0.1, 0.15) is 17.5 Å². The molecular weight excluding hydrogens is 164 g/mol. The van der Waals surface area contributed by atoms with Gasteiger partial charge in [-0.15, -0.1) is 0 Å². The molecular formula is C9H12N4. The molecule has 0 unspecified atom stereocenters. The molecule has 13 heavy (non-hydrogen) atoms. The minimum Gasteiger partial charge on any atom is -0.383 e. The summed E-state index contributed by atoms with van der Waals surface area (Å²) in [7, 11) is 0. The van der Waals surface area contributed by atoms with Gasteiger partial charge in [0.25, 0.3) is 0 Å². The first-order chi connectivity index (χ1) is 6.15. The maximum atomic E-state index is 8.61. The summed E-state index contributed by atoms with van der Waals surface area (Å²) in [6.07, 6.45) is 3.48. The molecule has 4 nitrogen and oxygen atoms in total. The van der Waals surface area contributed by atoms with Crippen LogP contribution in [0.3, 0.4) is 0 Å². The lowest BCUT2D eigenvalue weighted by Gasteiger charge is -1.99. The molecule has 1 aromatic rings. The van der Waals surface area contributed by atoms with Crippen LogP contribution in [0.15, 0.2) is 17.8 Å². The summed E-state index contributed by atoms with van der Waals surface area (Å²) in [4.78, 5) is 0. The topological polar surface area (TPSA) is 67.6 Å². The van der Waals surface area contributed by atoms with Gasteiger partial charge in [-0.25, -0.2) is 4.68 Å². The van der Waals surface area contributed by atoms with E-state index < -0.39 is 0 Å². The van der Waals surface area contributed by atoms with E-state index in [0.717, 1.165) is 0 Å². The molecule has 68 valence electrons. The monoisotopic (exact) mass is 176 g/mol. The van der Waals surface area contributed by atoms with Crippen molar-refractivity contribution in [1.29, 1.82) is 5.26 Å². The van der Waals surface area contributed by atoms with E-state index in [1.54, 1.807) is 4.68 Å². The zero-order valence-electron chi connectivity index (χ0n) is 7.78. The summed E-state index contributed by atoms with van der Waals surface area (Å²) in [5, 5.41) is 12.6. The molecule has 2 N–H and O–H groups in total. The highest BCUT2D eigenvalue weighted by Crippen LogP contribution is 2.09. The van der Waals surface area contributed by atoms with Crippen LogP contribution in [0.2, 0.25) is 0 Å². The van der Waals surface area contributed by atoms with Gasteiger partial charge in [0, 0.05) is 0 Å².